The van der Waals surface area contributed by atoms with E-state index in [0.29, 0.717) is 11.3 Å². The lowest BCUT2D eigenvalue weighted by atomic mass is 10.2. The van der Waals surface area contributed by atoms with E-state index in [1.807, 2.05) is 0 Å². The van der Waals surface area contributed by atoms with Gasteiger partial charge in [0.15, 0.2) is 0 Å². The average Bonchev–Trinajstić information content (AvgIpc) is 2.38. The summed E-state index contributed by atoms with van der Waals surface area (Å²) in [7, 11) is -3.49. The number of esters is 1. The van der Waals surface area contributed by atoms with Gasteiger partial charge in [-0.2, -0.15) is 0 Å². The third-order valence-electron chi connectivity index (χ3n) is 2.41. The molecule has 0 amide bonds. The largest absolute Gasteiger partial charge is 0.462 e. The Morgan fingerprint density at radius 2 is 2.15 bits per heavy atom. The van der Waals surface area contributed by atoms with Gasteiger partial charge in [0.1, 0.15) is 0 Å². The highest BCUT2D eigenvalue weighted by Gasteiger charge is 2.16. The molecule has 20 heavy (non-hydrogen) atoms. The number of halogens is 1. The Morgan fingerprint density at radius 1 is 1.45 bits per heavy atom. The first-order valence-corrected chi connectivity index (χ1v) is 8.40. The summed E-state index contributed by atoms with van der Waals surface area (Å²) in [6, 6.07) is 6.18. The van der Waals surface area contributed by atoms with Crippen LogP contribution >= 0.6 is 11.6 Å². The van der Waals surface area contributed by atoms with Crippen LogP contribution in [0, 0.1) is 5.92 Å². The van der Waals surface area contributed by atoms with E-state index in [4.69, 9.17) is 16.3 Å². The highest BCUT2D eigenvalue weighted by Crippen LogP contribution is 2.15. The van der Waals surface area contributed by atoms with Crippen molar-refractivity contribution < 1.29 is 17.9 Å². The van der Waals surface area contributed by atoms with E-state index in [9.17, 15) is 13.2 Å². The van der Waals surface area contributed by atoms with E-state index in [2.05, 4.69) is 4.72 Å². The molecule has 0 heterocycles. The van der Waals surface area contributed by atoms with Crippen molar-refractivity contribution in [2.45, 2.75) is 13.8 Å². The molecule has 0 saturated heterocycles. The normalized spacial score (nSPS) is 12.8. The monoisotopic (exact) mass is 319 g/mol. The number of rotatable bonds is 7. The Balaban J connectivity index is 2.83. The Bertz CT molecular complexity index is 559. The van der Waals surface area contributed by atoms with E-state index in [1.165, 1.54) is 6.07 Å². The molecule has 7 heteroatoms. The summed E-state index contributed by atoms with van der Waals surface area (Å²) >= 11 is 5.61. The van der Waals surface area contributed by atoms with Gasteiger partial charge in [-0.3, -0.25) is 4.72 Å². The second kappa shape index (κ2) is 7.50. The maximum Gasteiger partial charge on any atom is 0.338 e. The first kappa shape index (κ1) is 16.8. The lowest BCUT2D eigenvalue weighted by Crippen LogP contribution is -2.22. The van der Waals surface area contributed by atoms with Gasteiger partial charge in [0.05, 0.1) is 17.9 Å². The van der Waals surface area contributed by atoms with Crippen LogP contribution in [0.4, 0.5) is 5.69 Å². The highest BCUT2D eigenvalue weighted by atomic mass is 35.5. The van der Waals surface area contributed by atoms with Crippen molar-refractivity contribution in [3.8, 4) is 0 Å². The van der Waals surface area contributed by atoms with Gasteiger partial charge in [0.25, 0.3) is 0 Å². The zero-order valence-corrected chi connectivity index (χ0v) is 13.0. The fourth-order valence-corrected chi connectivity index (χ4v) is 3.24. The van der Waals surface area contributed by atoms with Crippen molar-refractivity contribution in [2.24, 2.45) is 5.92 Å². The molecule has 1 atom stereocenters. The Hall–Kier alpha value is -1.27. The molecule has 0 aromatic heterocycles. The van der Waals surface area contributed by atoms with Crippen molar-refractivity contribution >= 4 is 33.3 Å². The molecule has 0 saturated carbocycles. The van der Waals surface area contributed by atoms with Crippen LogP contribution in [0.25, 0.3) is 0 Å². The van der Waals surface area contributed by atoms with E-state index in [-0.39, 0.29) is 24.2 Å². The molecule has 1 unspecified atom stereocenters. The Kier molecular flexibility index (Phi) is 6.29. The number of nitrogens with one attached hydrogen (secondary N) is 1. The van der Waals surface area contributed by atoms with Crippen LogP contribution in [-0.2, 0) is 14.8 Å². The number of alkyl halides is 1. The van der Waals surface area contributed by atoms with Crippen molar-refractivity contribution in [1.29, 1.82) is 0 Å². The standard InChI is InChI=1S/C13H18ClNO4S/c1-3-19-13(16)11-5-4-6-12(7-11)15-20(17,18)9-10(2)8-14/h4-7,10,15H,3,8-9H2,1-2H3. The molecule has 1 aromatic carbocycles. The molecule has 0 radical (unpaired) electrons. The summed E-state index contributed by atoms with van der Waals surface area (Å²) in [5, 5.41) is 0. The zero-order chi connectivity index (χ0) is 15.2. The molecular weight excluding hydrogens is 302 g/mol. The van der Waals surface area contributed by atoms with Crippen LogP contribution in [0.3, 0.4) is 0 Å². The molecule has 0 aliphatic heterocycles. The molecular formula is C13H18ClNO4S. The van der Waals surface area contributed by atoms with Gasteiger partial charge in [0, 0.05) is 11.6 Å². The lowest BCUT2D eigenvalue weighted by molar-refractivity contribution is 0.0526. The molecule has 1 N–H and O–H groups in total. The minimum absolute atomic E-state index is 0.0693. The molecule has 112 valence electrons. The molecule has 1 aromatic rings. The van der Waals surface area contributed by atoms with Gasteiger partial charge in [-0.1, -0.05) is 13.0 Å². The van der Waals surface area contributed by atoms with Crippen LogP contribution < -0.4 is 4.72 Å². The second-order valence-corrected chi connectivity index (χ2v) is 6.52. The van der Waals surface area contributed by atoms with Gasteiger partial charge in [-0.05, 0) is 31.0 Å². The van der Waals surface area contributed by atoms with Crippen molar-refractivity contribution in [2.75, 3.05) is 23.0 Å². The number of carbonyl (C=O) groups excluding carboxylic acids is 1. The molecule has 0 spiro atoms. The summed E-state index contributed by atoms with van der Waals surface area (Å²) in [5.41, 5.74) is 0.634. The van der Waals surface area contributed by atoms with Gasteiger partial charge in [-0.25, -0.2) is 13.2 Å². The number of ether oxygens (including phenoxy) is 1. The van der Waals surface area contributed by atoms with Gasteiger partial charge < -0.3 is 4.74 Å². The van der Waals surface area contributed by atoms with Crippen LogP contribution in [0.15, 0.2) is 24.3 Å². The van der Waals surface area contributed by atoms with Gasteiger partial charge in [-0.15, -0.1) is 11.6 Å². The minimum Gasteiger partial charge on any atom is -0.462 e. The number of carbonyl (C=O) groups is 1. The van der Waals surface area contributed by atoms with Crippen LogP contribution in [0.5, 0.6) is 0 Å². The van der Waals surface area contributed by atoms with Crippen molar-refractivity contribution in [3.63, 3.8) is 0 Å². The zero-order valence-electron chi connectivity index (χ0n) is 11.4. The molecule has 0 fully saturated rings. The SMILES string of the molecule is CCOC(=O)c1cccc(NS(=O)(=O)CC(C)CCl)c1. The first-order valence-electron chi connectivity index (χ1n) is 6.21. The smallest absolute Gasteiger partial charge is 0.338 e. The molecule has 0 aliphatic carbocycles. The molecule has 1 rings (SSSR count). The third-order valence-corrected chi connectivity index (χ3v) is 4.50. The number of sulfonamides is 1. The molecule has 0 aliphatic rings. The maximum atomic E-state index is 11.9. The van der Waals surface area contributed by atoms with E-state index >= 15 is 0 Å². The fourth-order valence-electron chi connectivity index (χ4n) is 1.56. The van der Waals surface area contributed by atoms with E-state index in [1.54, 1.807) is 32.0 Å². The lowest BCUT2D eigenvalue weighted by Gasteiger charge is -2.11. The van der Waals surface area contributed by atoms with Gasteiger partial charge in [0.2, 0.25) is 10.0 Å². The maximum absolute atomic E-state index is 11.9. The van der Waals surface area contributed by atoms with E-state index in [0.717, 1.165) is 0 Å². The average molecular weight is 320 g/mol. The van der Waals surface area contributed by atoms with Gasteiger partial charge >= 0.3 is 5.97 Å². The van der Waals surface area contributed by atoms with Crippen molar-refractivity contribution in [3.05, 3.63) is 29.8 Å². The Morgan fingerprint density at radius 3 is 2.75 bits per heavy atom. The van der Waals surface area contributed by atoms with E-state index < -0.39 is 16.0 Å². The minimum atomic E-state index is -3.49. The third kappa shape index (κ3) is 5.38. The second-order valence-electron chi connectivity index (χ2n) is 4.44. The summed E-state index contributed by atoms with van der Waals surface area (Å²) < 4.78 is 31.1. The highest BCUT2D eigenvalue weighted by molar-refractivity contribution is 7.92. The van der Waals surface area contributed by atoms with Crippen LogP contribution in [0.1, 0.15) is 24.2 Å². The quantitative estimate of drug-likeness (QED) is 0.619. The Labute approximate surface area is 124 Å². The molecule has 0 bridgehead atoms. The summed E-state index contributed by atoms with van der Waals surface area (Å²) in [4.78, 5) is 11.6. The summed E-state index contributed by atoms with van der Waals surface area (Å²) in [6.45, 7) is 3.72. The number of hydrogen-bond acceptors (Lipinski definition) is 4. The predicted octanol–water partition coefficient (Wildman–Crippen LogP) is 2.48. The number of hydrogen-bond donors (Lipinski definition) is 1. The van der Waals surface area contributed by atoms with Crippen molar-refractivity contribution in [1.82, 2.24) is 0 Å². The summed E-state index contributed by atoms with van der Waals surface area (Å²) in [6.07, 6.45) is 0. The number of benzene rings is 1. The summed E-state index contributed by atoms with van der Waals surface area (Å²) in [5.74, 6) is -0.436. The first-order chi connectivity index (χ1) is 9.38. The molecule has 5 nitrogen and oxygen atoms in total. The number of anilines is 1. The topological polar surface area (TPSA) is 72.5 Å². The van der Waals surface area contributed by atoms with Crippen LogP contribution in [-0.4, -0.2) is 32.6 Å². The van der Waals surface area contributed by atoms with Crippen LogP contribution in [0.2, 0.25) is 0 Å². The predicted molar refractivity (Wildman–Crippen MR) is 79.7 cm³/mol. The fraction of sp³-hybridized carbons (Fsp3) is 0.462.